The normalized spacial score (nSPS) is 12.1. The molecule has 100 valence electrons. The Kier molecular flexibility index (Phi) is 4.54. The predicted octanol–water partition coefficient (Wildman–Crippen LogP) is 1.73. The molecule has 0 fully saturated rings. The van der Waals surface area contributed by atoms with Gasteiger partial charge in [0.2, 0.25) is 5.95 Å². The largest absolute Gasteiger partial charge is 0.391 e. The number of nitrogens with one attached hydrogen (secondary N) is 1. The average Bonchev–Trinajstić information content (AvgIpc) is 2.36. The molecule has 1 heterocycles. The van der Waals surface area contributed by atoms with Gasteiger partial charge in [0.15, 0.2) is 0 Å². The van der Waals surface area contributed by atoms with Gasteiger partial charge in [0.1, 0.15) is 11.0 Å². The zero-order chi connectivity index (χ0) is 13.7. The molecule has 0 amide bonds. The first-order valence-electron chi connectivity index (χ1n) is 5.89. The van der Waals surface area contributed by atoms with Gasteiger partial charge in [0.05, 0.1) is 6.10 Å². The molecule has 0 bridgehead atoms. The van der Waals surface area contributed by atoms with Gasteiger partial charge in [-0.05, 0) is 5.56 Å². The average molecular weight is 279 g/mol. The summed E-state index contributed by atoms with van der Waals surface area (Å²) in [6.07, 6.45) is 0.0552. The fraction of sp³-hybridized carbons (Fsp3) is 0.231. The lowest BCUT2D eigenvalue weighted by Gasteiger charge is -2.12. The molecule has 1 atom stereocenters. The summed E-state index contributed by atoms with van der Waals surface area (Å²) in [7, 11) is 0. The van der Waals surface area contributed by atoms with Crippen molar-refractivity contribution in [2.24, 2.45) is 0 Å². The fourth-order valence-corrected chi connectivity index (χ4v) is 1.90. The second kappa shape index (κ2) is 6.36. The first-order valence-corrected chi connectivity index (χ1v) is 6.27. The Morgan fingerprint density at radius 2 is 2.00 bits per heavy atom. The van der Waals surface area contributed by atoms with E-state index in [0.717, 1.165) is 5.56 Å². The highest BCUT2D eigenvalue weighted by molar-refractivity contribution is 6.29. The second-order valence-corrected chi connectivity index (χ2v) is 4.55. The van der Waals surface area contributed by atoms with E-state index in [-0.39, 0.29) is 11.1 Å². The Hall–Kier alpha value is -1.85. The van der Waals surface area contributed by atoms with Crippen LogP contribution in [0, 0.1) is 0 Å². The molecule has 0 aliphatic carbocycles. The number of nitrogen functional groups attached to an aromatic ring is 1. The van der Waals surface area contributed by atoms with E-state index < -0.39 is 6.10 Å². The molecule has 19 heavy (non-hydrogen) atoms. The third kappa shape index (κ3) is 4.39. The van der Waals surface area contributed by atoms with Crippen LogP contribution in [0.25, 0.3) is 0 Å². The van der Waals surface area contributed by atoms with Crippen molar-refractivity contribution in [3.63, 3.8) is 0 Å². The van der Waals surface area contributed by atoms with Crippen molar-refractivity contribution in [3.8, 4) is 0 Å². The van der Waals surface area contributed by atoms with Crippen molar-refractivity contribution in [1.29, 1.82) is 0 Å². The summed E-state index contributed by atoms with van der Waals surface area (Å²) in [5, 5.41) is 13.2. The van der Waals surface area contributed by atoms with E-state index in [1.165, 1.54) is 0 Å². The van der Waals surface area contributed by atoms with Crippen LogP contribution in [0.4, 0.5) is 11.8 Å². The number of aliphatic hydroxyl groups excluding tert-OH is 1. The molecule has 6 heteroatoms. The Balaban J connectivity index is 1.88. The van der Waals surface area contributed by atoms with Crippen LogP contribution < -0.4 is 11.1 Å². The first-order chi connectivity index (χ1) is 9.13. The number of nitrogens with two attached hydrogens (primary N) is 1. The number of benzene rings is 1. The van der Waals surface area contributed by atoms with Crippen LogP contribution >= 0.6 is 11.6 Å². The van der Waals surface area contributed by atoms with Crippen molar-refractivity contribution in [3.05, 3.63) is 47.1 Å². The monoisotopic (exact) mass is 278 g/mol. The quantitative estimate of drug-likeness (QED) is 0.726. The van der Waals surface area contributed by atoms with Gasteiger partial charge in [-0.1, -0.05) is 41.9 Å². The number of nitrogens with zero attached hydrogens (tertiary/aromatic N) is 2. The van der Waals surface area contributed by atoms with Crippen LogP contribution in [0.1, 0.15) is 5.56 Å². The number of hydrogen-bond donors (Lipinski definition) is 3. The summed E-state index contributed by atoms with van der Waals surface area (Å²) < 4.78 is 0. The minimum atomic E-state index is -0.516. The topological polar surface area (TPSA) is 84.1 Å². The summed E-state index contributed by atoms with van der Waals surface area (Å²) in [6.45, 7) is 0.363. The molecule has 0 aliphatic rings. The van der Waals surface area contributed by atoms with Gasteiger partial charge in [-0.3, -0.25) is 0 Å². The highest BCUT2D eigenvalue weighted by Crippen LogP contribution is 2.12. The summed E-state index contributed by atoms with van der Waals surface area (Å²) >= 11 is 5.76. The van der Waals surface area contributed by atoms with Crippen molar-refractivity contribution < 1.29 is 5.11 Å². The Bertz CT molecular complexity index is 515. The Labute approximate surface area is 116 Å². The molecule has 1 aromatic heterocycles. The number of aliphatic hydroxyl groups is 1. The SMILES string of the molecule is Nc1nc(Cl)cc(NCC(O)Cc2ccccc2)n1. The zero-order valence-electron chi connectivity index (χ0n) is 10.3. The van der Waals surface area contributed by atoms with E-state index >= 15 is 0 Å². The van der Waals surface area contributed by atoms with Crippen molar-refractivity contribution in [2.45, 2.75) is 12.5 Å². The Morgan fingerprint density at radius 1 is 1.26 bits per heavy atom. The third-order valence-electron chi connectivity index (χ3n) is 2.55. The van der Waals surface area contributed by atoms with E-state index in [1.807, 2.05) is 30.3 Å². The van der Waals surface area contributed by atoms with Gasteiger partial charge in [-0.15, -0.1) is 0 Å². The van der Waals surface area contributed by atoms with E-state index in [9.17, 15) is 5.11 Å². The molecule has 1 unspecified atom stereocenters. The smallest absolute Gasteiger partial charge is 0.223 e. The molecule has 1 aromatic carbocycles. The molecule has 0 radical (unpaired) electrons. The van der Waals surface area contributed by atoms with E-state index in [1.54, 1.807) is 6.07 Å². The maximum absolute atomic E-state index is 9.93. The van der Waals surface area contributed by atoms with Crippen LogP contribution in [0.2, 0.25) is 5.15 Å². The molecular formula is C13H15ClN4O. The minimum Gasteiger partial charge on any atom is -0.391 e. The van der Waals surface area contributed by atoms with Crippen LogP contribution in [0.5, 0.6) is 0 Å². The number of anilines is 2. The molecule has 0 saturated heterocycles. The minimum absolute atomic E-state index is 0.104. The van der Waals surface area contributed by atoms with Crippen molar-refractivity contribution in [1.82, 2.24) is 9.97 Å². The first kappa shape index (κ1) is 13.6. The lowest BCUT2D eigenvalue weighted by Crippen LogP contribution is -2.22. The summed E-state index contributed by atoms with van der Waals surface area (Å²) in [4.78, 5) is 7.73. The fourth-order valence-electron chi connectivity index (χ4n) is 1.71. The maximum atomic E-state index is 9.93. The third-order valence-corrected chi connectivity index (χ3v) is 2.74. The molecule has 0 aliphatic heterocycles. The van der Waals surface area contributed by atoms with Crippen LogP contribution in [-0.4, -0.2) is 27.7 Å². The summed E-state index contributed by atoms with van der Waals surface area (Å²) in [5.41, 5.74) is 6.56. The van der Waals surface area contributed by atoms with Crippen LogP contribution in [0.15, 0.2) is 36.4 Å². The Morgan fingerprint density at radius 3 is 2.68 bits per heavy atom. The lowest BCUT2D eigenvalue weighted by molar-refractivity contribution is 0.188. The predicted molar refractivity (Wildman–Crippen MR) is 76.1 cm³/mol. The standard InChI is InChI=1S/C13H15ClN4O/c14-11-7-12(18-13(15)17-11)16-8-10(19)6-9-4-2-1-3-5-9/h1-5,7,10,19H,6,8H2,(H3,15,16,17,18). The van der Waals surface area contributed by atoms with Crippen molar-refractivity contribution >= 4 is 23.4 Å². The zero-order valence-corrected chi connectivity index (χ0v) is 11.0. The number of hydrogen-bond acceptors (Lipinski definition) is 5. The summed E-state index contributed by atoms with van der Waals surface area (Å²) in [6, 6.07) is 11.3. The van der Waals surface area contributed by atoms with Gasteiger partial charge in [-0.2, -0.15) is 4.98 Å². The maximum Gasteiger partial charge on any atom is 0.223 e. The van der Waals surface area contributed by atoms with Gasteiger partial charge >= 0.3 is 0 Å². The molecule has 2 rings (SSSR count). The molecule has 2 aromatic rings. The van der Waals surface area contributed by atoms with Gasteiger partial charge in [0.25, 0.3) is 0 Å². The lowest BCUT2D eigenvalue weighted by atomic mass is 10.1. The number of halogens is 1. The van der Waals surface area contributed by atoms with E-state index in [2.05, 4.69) is 15.3 Å². The molecule has 4 N–H and O–H groups in total. The van der Waals surface area contributed by atoms with E-state index in [0.29, 0.717) is 18.8 Å². The highest BCUT2D eigenvalue weighted by Gasteiger charge is 2.06. The highest BCUT2D eigenvalue weighted by atomic mass is 35.5. The number of aromatic nitrogens is 2. The molecule has 0 saturated carbocycles. The van der Waals surface area contributed by atoms with Gasteiger partial charge in [0, 0.05) is 19.0 Å². The van der Waals surface area contributed by atoms with Crippen LogP contribution in [-0.2, 0) is 6.42 Å². The van der Waals surface area contributed by atoms with Crippen molar-refractivity contribution in [2.75, 3.05) is 17.6 Å². The molecule has 0 spiro atoms. The van der Waals surface area contributed by atoms with Crippen LogP contribution in [0.3, 0.4) is 0 Å². The summed E-state index contributed by atoms with van der Waals surface area (Å²) in [5.74, 6) is 0.608. The molecule has 5 nitrogen and oxygen atoms in total. The molecular weight excluding hydrogens is 264 g/mol. The van der Waals surface area contributed by atoms with Gasteiger partial charge < -0.3 is 16.2 Å². The number of rotatable bonds is 5. The van der Waals surface area contributed by atoms with Gasteiger partial charge in [-0.25, -0.2) is 4.98 Å². The second-order valence-electron chi connectivity index (χ2n) is 4.16. The van der Waals surface area contributed by atoms with E-state index in [4.69, 9.17) is 17.3 Å².